The highest BCUT2D eigenvalue weighted by Gasteiger charge is 2.44. The molecule has 2 aromatic carbocycles. The number of nitrogens with zero attached hydrogens (tertiary/aromatic N) is 2. The summed E-state index contributed by atoms with van der Waals surface area (Å²) in [5.41, 5.74) is -4.40. The molecule has 0 saturated carbocycles. The largest absolute Gasteiger partial charge is 0.468 e. The maximum absolute atomic E-state index is 14.0. The second-order valence-corrected chi connectivity index (χ2v) is 18.7. The van der Waals surface area contributed by atoms with Crippen molar-refractivity contribution in [2.24, 2.45) is 0 Å². The molecular formula is C36H50N6O11S2. The third-order valence-electron chi connectivity index (χ3n) is 8.88. The fraction of sp³-hybridized carbons (Fsp3) is 0.528. The van der Waals surface area contributed by atoms with Crippen LogP contribution in [0.1, 0.15) is 74.1 Å². The molecule has 0 bridgehead atoms. The maximum Gasteiger partial charge on any atom is 0.410 e. The molecule has 0 spiro atoms. The van der Waals surface area contributed by atoms with E-state index in [1.807, 2.05) is 0 Å². The van der Waals surface area contributed by atoms with Gasteiger partial charge in [-0.25, -0.2) is 21.6 Å². The predicted molar refractivity (Wildman–Crippen MR) is 202 cm³/mol. The molecule has 4 N–H and O–H groups in total. The number of hydrogen-bond acceptors (Lipinski definition) is 11. The van der Waals surface area contributed by atoms with Gasteiger partial charge in [0, 0.05) is 13.1 Å². The molecule has 2 saturated heterocycles. The number of para-hydroxylation sites is 2. The van der Waals surface area contributed by atoms with Gasteiger partial charge in [-0.1, -0.05) is 24.3 Å². The summed E-state index contributed by atoms with van der Waals surface area (Å²) in [5.74, 6) is -2.87. The monoisotopic (exact) mass is 806 g/mol. The van der Waals surface area contributed by atoms with Crippen LogP contribution < -0.4 is 20.1 Å². The summed E-state index contributed by atoms with van der Waals surface area (Å²) < 4.78 is 69.3. The molecule has 19 heteroatoms. The molecule has 4 rings (SSSR count). The summed E-state index contributed by atoms with van der Waals surface area (Å²) in [6.07, 6.45) is 0.837. The van der Waals surface area contributed by atoms with Crippen molar-refractivity contribution in [1.82, 2.24) is 19.2 Å². The maximum atomic E-state index is 14.0. The van der Waals surface area contributed by atoms with Gasteiger partial charge in [0.2, 0.25) is 37.8 Å². The third kappa shape index (κ3) is 10.2. The van der Waals surface area contributed by atoms with E-state index < -0.39 is 78.6 Å². The number of rotatable bonds is 12. The number of esters is 1. The number of likely N-dealkylation sites (tertiary alicyclic amines) is 2. The van der Waals surface area contributed by atoms with Gasteiger partial charge in [-0.2, -0.15) is 9.44 Å². The summed E-state index contributed by atoms with van der Waals surface area (Å²) >= 11 is 0. The summed E-state index contributed by atoms with van der Waals surface area (Å²) in [7, 11) is -7.76. The zero-order valence-corrected chi connectivity index (χ0v) is 33.9. The first-order chi connectivity index (χ1) is 25.4. The minimum atomic E-state index is -4.50. The number of amides is 4. The van der Waals surface area contributed by atoms with Crippen LogP contribution >= 0.6 is 0 Å². The van der Waals surface area contributed by atoms with E-state index in [1.165, 1.54) is 86.0 Å². The molecule has 4 amide bonds. The first-order valence-corrected chi connectivity index (χ1v) is 20.6. The molecule has 2 aliphatic rings. The zero-order valence-electron chi connectivity index (χ0n) is 32.2. The first-order valence-electron chi connectivity index (χ1n) is 17.7. The van der Waals surface area contributed by atoms with E-state index in [2.05, 4.69) is 20.1 Å². The minimum absolute atomic E-state index is 0.0733. The Morgan fingerprint density at radius 3 is 1.53 bits per heavy atom. The number of benzene rings is 2. The number of hydrogen-bond donors (Lipinski definition) is 4. The lowest BCUT2D eigenvalue weighted by Gasteiger charge is -2.33. The van der Waals surface area contributed by atoms with E-state index in [0.29, 0.717) is 25.8 Å². The SMILES string of the molecule is COC(=O)C(C)(C)NS(=O)(=O)c1ccccc1NC(=O)[C@@H]1CCCN1C(=O)C(C)(C)NS(=O)(=O)c1ccccc1NC(=O)[C@@H]1CCCN1C(=O)OC(C)(C)C. The molecule has 55 heavy (non-hydrogen) atoms. The van der Waals surface area contributed by atoms with Crippen LogP contribution in [0, 0.1) is 0 Å². The van der Waals surface area contributed by atoms with Crippen LogP contribution in [0.15, 0.2) is 58.3 Å². The van der Waals surface area contributed by atoms with Gasteiger partial charge in [0.15, 0.2) is 0 Å². The molecule has 0 radical (unpaired) electrons. The Morgan fingerprint density at radius 1 is 0.655 bits per heavy atom. The second-order valence-electron chi connectivity index (χ2n) is 15.4. The van der Waals surface area contributed by atoms with Gasteiger partial charge in [-0.05, 0) is 98.4 Å². The molecule has 2 aliphatic heterocycles. The number of nitrogens with one attached hydrogen (secondary N) is 4. The normalized spacial score (nSPS) is 18.1. The van der Waals surface area contributed by atoms with Crippen molar-refractivity contribution in [3.63, 3.8) is 0 Å². The number of ether oxygens (including phenoxy) is 2. The lowest BCUT2D eigenvalue weighted by molar-refractivity contribution is -0.146. The van der Waals surface area contributed by atoms with Gasteiger partial charge in [0.1, 0.15) is 38.6 Å². The molecule has 2 aromatic rings. The number of sulfonamides is 2. The number of carbonyl (C=O) groups is 5. The van der Waals surface area contributed by atoms with Crippen LogP contribution in [-0.2, 0) is 48.7 Å². The van der Waals surface area contributed by atoms with Crippen LogP contribution in [-0.4, -0.2) is 105 Å². The minimum Gasteiger partial charge on any atom is -0.468 e. The molecular weight excluding hydrogens is 757 g/mol. The highest BCUT2D eigenvalue weighted by Crippen LogP contribution is 2.29. The quantitative estimate of drug-likeness (QED) is 0.228. The van der Waals surface area contributed by atoms with Crippen molar-refractivity contribution in [2.75, 3.05) is 30.8 Å². The number of carbonyl (C=O) groups excluding carboxylic acids is 5. The second kappa shape index (κ2) is 16.3. The Balaban J connectivity index is 1.50. The van der Waals surface area contributed by atoms with Crippen molar-refractivity contribution in [1.29, 1.82) is 0 Å². The number of methoxy groups -OCH3 is 1. The molecule has 0 aromatic heterocycles. The van der Waals surface area contributed by atoms with Crippen LogP contribution in [0.25, 0.3) is 0 Å². The van der Waals surface area contributed by atoms with E-state index in [0.717, 1.165) is 7.11 Å². The van der Waals surface area contributed by atoms with Crippen molar-refractivity contribution < 1.29 is 50.3 Å². The Bertz CT molecular complexity index is 2050. The average Bonchev–Trinajstić information content (AvgIpc) is 3.77. The summed E-state index contributed by atoms with van der Waals surface area (Å²) in [5, 5.41) is 5.22. The van der Waals surface area contributed by atoms with Gasteiger partial charge in [0.05, 0.1) is 18.5 Å². The first kappa shape index (κ1) is 43.1. The van der Waals surface area contributed by atoms with Crippen molar-refractivity contribution in [3.8, 4) is 0 Å². The van der Waals surface area contributed by atoms with Gasteiger partial charge >= 0.3 is 12.1 Å². The summed E-state index contributed by atoms with van der Waals surface area (Å²) in [6, 6.07) is 9.18. The van der Waals surface area contributed by atoms with Gasteiger partial charge in [0.25, 0.3) is 0 Å². The van der Waals surface area contributed by atoms with Crippen molar-refractivity contribution in [3.05, 3.63) is 48.5 Å². The molecule has 17 nitrogen and oxygen atoms in total. The van der Waals surface area contributed by atoms with E-state index in [-0.39, 0.29) is 34.1 Å². The summed E-state index contributed by atoms with van der Waals surface area (Å²) in [4.78, 5) is 67.9. The standard InChI is InChI=1S/C36H50N6O11S2/c1-34(2,3)53-33(47)42-22-14-18-26(42)30(44)38-23-15-9-11-19-27(23)54(48,49)39-35(4,5)31(45)41-21-13-17-25(41)29(43)37-24-16-10-12-20-28(24)55(50,51)40-36(6,7)32(46)52-8/h9-12,15-16,19-20,25-26,39-40H,13-14,17-18,21-22H2,1-8H3,(H,37,43)(H,38,44)/t25-,26-/m0/s1. The lowest BCUT2D eigenvalue weighted by Crippen LogP contribution is -2.58. The highest BCUT2D eigenvalue weighted by molar-refractivity contribution is 7.90. The van der Waals surface area contributed by atoms with Crippen LogP contribution in [0.2, 0.25) is 0 Å². The zero-order chi connectivity index (χ0) is 41.1. The molecule has 0 aliphatic carbocycles. The highest BCUT2D eigenvalue weighted by atomic mass is 32.2. The lowest BCUT2D eigenvalue weighted by atomic mass is 10.0. The Hall–Kier alpha value is -4.59. The molecule has 2 atom stereocenters. The van der Waals surface area contributed by atoms with E-state index in [9.17, 15) is 40.8 Å². The van der Waals surface area contributed by atoms with Crippen LogP contribution in [0.4, 0.5) is 16.2 Å². The van der Waals surface area contributed by atoms with Crippen LogP contribution in [0.3, 0.4) is 0 Å². The van der Waals surface area contributed by atoms with Gasteiger partial charge < -0.3 is 25.0 Å². The number of anilines is 2. The van der Waals surface area contributed by atoms with E-state index in [4.69, 9.17) is 9.47 Å². The van der Waals surface area contributed by atoms with Gasteiger partial charge in [-0.3, -0.25) is 24.1 Å². The molecule has 2 fully saturated rings. The van der Waals surface area contributed by atoms with E-state index >= 15 is 0 Å². The molecule has 2 heterocycles. The van der Waals surface area contributed by atoms with Crippen LogP contribution in [0.5, 0.6) is 0 Å². The predicted octanol–water partition coefficient (Wildman–Crippen LogP) is 2.94. The fourth-order valence-corrected chi connectivity index (χ4v) is 9.45. The molecule has 0 unspecified atom stereocenters. The smallest absolute Gasteiger partial charge is 0.410 e. The van der Waals surface area contributed by atoms with Crippen molar-refractivity contribution >= 4 is 61.2 Å². The molecule has 302 valence electrons. The topological polar surface area (TPSA) is 227 Å². The Labute approximate surface area is 322 Å². The average molecular weight is 807 g/mol. The van der Waals surface area contributed by atoms with Gasteiger partial charge in [-0.15, -0.1) is 0 Å². The summed E-state index contributed by atoms with van der Waals surface area (Å²) in [6.45, 7) is 10.9. The third-order valence-corrected chi connectivity index (χ3v) is 12.3. The Kier molecular flexibility index (Phi) is 12.7. The fourth-order valence-electron chi connectivity index (χ4n) is 6.38. The van der Waals surface area contributed by atoms with Crippen molar-refractivity contribution in [2.45, 2.75) is 113 Å². The Morgan fingerprint density at radius 2 is 1.07 bits per heavy atom. The van der Waals surface area contributed by atoms with E-state index in [1.54, 1.807) is 20.8 Å².